The molecule has 0 atom stereocenters. The molecule has 0 aromatic heterocycles. The second-order valence-electron chi connectivity index (χ2n) is 6.13. The summed E-state index contributed by atoms with van der Waals surface area (Å²) in [4.78, 5) is 23.3. The number of amides is 2. The van der Waals surface area contributed by atoms with Gasteiger partial charge in [0.15, 0.2) is 11.5 Å². The lowest BCUT2D eigenvalue weighted by Gasteiger charge is -2.11. The minimum Gasteiger partial charge on any atom is -0.493 e. The second-order valence-corrected chi connectivity index (χ2v) is 7.04. The highest BCUT2D eigenvalue weighted by atomic mass is 79.9. The molecule has 0 radical (unpaired) electrons. The molecule has 0 unspecified atom stereocenters. The third-order valence-electron chi connectivity index (χ3n) is 3.89. The van der Waals surface area contributed by atoms with Gasteiger partial charge in [0, 0.05) is 24.7 Å². The fourth-order valence-corrected chi connectivity index (χ4v) is 2.60. The van der Waals surface area contributed by atoms with Crippen LogP contribution in [-0.4, -0.2) is 45.4 Å². The zero-order valence-electron chi connectivity index (χ0n) is 16.8. The molecule has 9 heteroatoms. The summed E-state index contributed by atoms with van der Waals surface area (Å²) in [7, 11) is 3.11. The molecule has 0 saturated heterocycles. The van der Waals surface area contributed by atoms with E-state index in [1.54, 1.807) is 32.4 Å². The number of hydrazone groups is 1. The lowest BCUT2D eigenvalue weighted by atomic mass is 10.2. The van der Waals surface area contributed by atoms with E-state index in [0.29, 0.717) is 43.2 Å². The smallest absolute Gasteiger partial charge is 0.329 e. The summed E-state index contributed by atoms with van der Waals surface area (Å²) in [5, 5.41) is 6.28. The highest BCUT2D eigenvalue weighted by Crippen LogP contribution is 2.28. The van der Waals surface area contributed by atoms with E-state index in [9.17, 15) is 9.59 Å². The Balaban J connectivity index is 1.88. The van der Waals surface area contributed by atoms with Crippen molar-refractivity contribution in [3.8, 4) is 11.5 Å². The molecule has 30 heavy (non-hydrogen) atoms. The Kier molecular flexibility index (Phi) is 9.82. The van der Waals surface area contributed by atoms with Crippen LogP contribution in [-0.2, 0) is 20.9 Å². The third-order valence-corrected chi connectivity index (χ3v) is 4.42. The molecule has 8 nitrogen and oxygen atoms in total. The summed E-state index contributed by atoms with van der Waals surface area (Å²) in [6, 6.07) is 13.1. The minimum atomic E-state index is -0.843. The summed E-state index contributed by atoms with van der Waals surface area (Å²) >= 11 is 3.40. The number of methoxy groups -OCH3 is 2. The summed E-state index contributed by atoms with van der Waals surface area (Å²) in [5.74, 6) is -0.488. The van der Waals surface area contributed by atoms with E-state index in [-0.39, 0.29) is 0 Å². The predicted molar refractivity (Wildman–Crippen MR) is 117 cm³/mol. The molecule has 2 aromatic carbocycles. The van der Waals surface area contributed by atoms with Crippen LogP contribution in [0.25, 0.3) is 0 Å². The van der Waals surface area contributed by atoms with Gasteiger partial charge < -0.3 is 19.5 Å². The van der Waals surface area contributed by atoms with Gasteiger partial charge in [0.2, 0.25) is 0 Å². The average molecular weight is 478 g/mol. The molecule has 2 amide bonds. The van der Waals surface area contributed by atoms with E-state index in [4.69, 9.17) is 14.2 Å². The van der Waals surface area contributed by atoms with E-state index in [1.165, 1.54) is 6.21 Å². The van der Waals surface area contributed by atoms with Crippen LogP contribution < -0.4 is 20.2 Å². The topological polar surface area (TPSA) is 98.2 Å². The Morgan fingerprint density at radius 3 is 2.53 bits per heavy atom. The standard InChI is InChI=1S/C21H24BrN3O5/c1-28-11-3-10-23-20(26)21(27)25-24-13-16-6-9-18(19(12-16)29-2)30-14-15-4-7-17(22)8-5-15/h4-9,12-13H,3,10-11,14H2,1-2H3,(H,23,26)(H,25,27)/b24-13-. The molecule has 0 aliphatic heterocycles. The summed E-state index contributed by atoms with van der Waals surface area (Å²) < 4.78 is 17.1. The Labute approximate surface area is 183 Å². The SMILES string of the molecule is COCCCNC(=O)C(=O)N/N=C\c1ccc(OCc2ccc(Br)cc2)c(OC)c1. The van der Waals surface area contributed by atoms with Crippen LogP contribution in [0.5, 0.6) is 11.5 Å². The third kappa shape index (κ3) is 7.84. The van der Waals surface area contributed by atoms with Crippen molar-refractivity contribution in [3.63, 3.8) is 0 Å². The number of carbonyl (C=O) groups excluding carboxylic acids is 2. The van der Waals surface area contributed by atoms with Gasteiger partial charge in [0.05, 0.1) is 13.3 Å². The van der Waals surface area contributed by atoms with Gasteiger partial charge in [-0.05, 0) is 47.9 Å². The lowest BCUT2D eigenvalue weighted by molar-refractivity contribution is -0.139. The minimum absolute atomic E-state index is 0.350. The molecule has 0 spiro atoms. The highest BCUT2D eigenvalue weighted by molar-refractivity contribution is 9.10. The van der Waals surface area contributed by atoms with Crippen LogP contribution in [0.4, 0.5) is 0 Å². The van der Waals surface area contributed by atoms with E-state index in [0.717, 1.165) is 10.0 Å². The van der Waals surface area contributed by atoms with Crippen LogP contribution in [0.15, 0.2) is 52.0 Å². The number of hydrogen-bond acceptors (Lipinski definition) is 6. The first kappa shape index (κ1) is 23.4. The van der Waals surface area contributed by atoms with E-state index in [1.807, 2.05) is 24.3 Å². The molecule has 2 rings (SSSR count). The normalized spacial score (nSPS) is 10.6. The molecule has 0 heterocycles. The Morgan fingerprint density at radius 1 is 1.07 bits per heavy atom. The molecule has 0 fully saturated rings. The number of hydrogen-bond donors (Lipinski definition) is 2. The van der Waals surface area contributed by atoms with Gasteiger partial charge in [0.25, 0.3) is 0 Å². The number of ether oxygens (including phenoxy) is 3. The van der Waals surface area contributed by atoms with Crippen LogP contribution in [0.3, 0.4) is 0 Å². The van der Waals surface area contributed by atoms with Gasteiger partial charge in [-0.15, -0.1) is 0 Å². The Bertz CT molecular complexity index is 871. The van der Waals surface area contributed by atoms with Crippen LogP contribution in [0.2, 0.25) is 0 Å². The predicted octanol–water partition coefficient (Wildman–Crippen LogP) is 2.64. The van der Waals surface area contributed by atoms with E-state index >= 15 is 0 Å². The number of benzene rings is 2. The van der Waals surface area contributed by atoms with E-state index in [2.05, 4.69) is 31.8 Å². The maximum absolute atomic E-state index is 11.7. The number of halogens is 1. The van der Waals surface area contributed by atoms with Gasteiger partial charge in [-0.2, -0.15) is 5.10 Å². The van der Waals surface area contributed by atoms with Crippen molar-refractivity contribution in [1.82, 2.24) is 10.7 Å². The maximum Gasteiger partial charge on any atom is 0.329 e. The molecular formula is C21H24BrN3O5. The van der Waals surface area contributed by atoms with Crippen LogP contribution in [0.1, 0.15) is 17.5 Å². The fourth-order valence-electron chi connectivity index (χ4n) is 2.34. The van der Waals surface area contributed by atoms with Crippen molar-refractivity contribution in [2.45, 2.75) is 13.0 Å². The molecule has 160 valence electrons. The molecular weight excluding hydrogens is 454 g/mol. The number of carbonyl (C=O) groups is 2. The molecule has 0 bridgehead atoms. The van der Waals surface area contributed by atoms with Gasteiger partial charge in [-0.3, -0.25) is 9.59 Å². The summed E-state index contributed by atoms with van der Waals surface area (Å²) in [6.07, 6.45) is 2.03. The van der Waals surface area contributed by atoms with Gasteiger partial charge in [-0.1, -0.05) is 28.1 Å². The van der Waals surface area contributed by atoms with Crippen LogP contribution in [0, 0.1) is 0 Å². The van der Waals surface area contributed by atoms with Crippen molar-refractivity contribution in [2.24, 2.45) is 5.10 Å². The fraction of sp³-hybridized carbons (Fsp3) is 0.286. The highest BCUT2D eigenvalue weighted by Gasteiger charge is 2.11. The zero-order valence-corrected chi connectivity index (χ0v) is 18.4. The van der Waals surface area contributed by atoms with Gasteiger partial charge in [-0.25, -0.2) is 5.43 Å². The Hall–Kier alpha value is -2.91. The van der Waals surface area contributed by atoms with Crippen LogP contribution >= 0.6 is 15.9 Å². The Morgan fingerprint density at radius 2 is 1.83 bits per heavy atom. The summed E-state index contributed by atoms with van der Waals surface area (Å²) in [6.45, 7) is 1.25. The zero-order chi connectivity index (χ0) is 21.8. The molecule has 2 N–H and O–H groups in total. The monoisotopic (exact) mass is 477 g/mol. The van der Waals surface area contributed by atoms with Crippen molar-refractivity contribution in [1.29, 1.82) is 0 Å². The molecule has 0 saturated carbocycles. The maximum atomic E-state index is 11.7. The molecule has 0 aliphatic carbocycles. The first-order valence-electron chi connectivity index (χ1n) is 9.19. The number of nitrogens with zero attached hydrogens (tertiary/aromatic N) is 1. The van der Waals surface area contributed by atoms with Crippen molar-refractivity contribution >= 4 is 34.0 Å². The second kappa shape index (κ2) is 12.6. The lowest BCUT2D eigenvalue weighted by Crippen LogP contribution is -2.38. The first-order chi connectivity index (χ1) is 14.5. The van der Waals surface area contributed by atoms with Gasteiger partial charge in [0.1, 0.15) is 6.61 Å². The van der Waals surface area contributed by atoms with Gasteiger partial charge >= 0.3 is 11.8 Å². The average Bonchev–Trinajstić information content (AvgIpc) is 2.76. The van der Waals surface area contributed by atoms with E-state index < -0.39 is 11.8 Å². The number of rotatable bonds is 10. The largest absolute Gasteiger partial charge is 0.493 e. The van der Waals surface area contributed by atoms with Crippen molar-refractivity contribution in [3.05, 3.63) is 58.1 Å². The van der Waals surface area contributed by atoms with Crippen molar-refractivity contribution in [2.75, 3.05) is 27.4 Å². The molecule has 2 aromatic rings. The summed E-state index contributed by atoms with van der Waals surface area (Å²) in [5.41, 5.74) is 3.88. The number of nitrogens with one attached hydrogen (secondary N) is 2. The molecule has 0 aliphatic rings. The van der Waals surface area contributed by atoms with Crippen molar-refractivity contribution < 1.29 is 23.8 Å². The first-order valence-corrected chi connectivity index (χ1v) is 9.98. The quantitative estimate of drug-likeness (QED) is 0.237.